The first-order valence-electron chi connectivity index (χ1n) is 5.85. The van der Waals surface area contributed by atoms with Crippen LogP contribution >= 0.6 is 11.8 Å². The summed E-state index contributed by atoms with van der Waals surface area (Å²) in [5.41, 5.74) is 0. The SMILES string of the molecule is CCCn1ncnc1C(C)NC(=O)CCSC. The topological polar surface area (TPSA) is 59.8 Å². The molecule has 0 aromatic carbocycles. The normalized spacial score (nSPS) is 12.4. The van der Waals surface area contributed by atoms with E-state index in [2.05, 4.69) is 22.3 Å². The van der Waals surface area contributed by atoms with Crippen LogP contribution in [-0.4, -0.2) is 32.7 Å². The minimum atomic E-state index is -0.0848. The molecule has 0 saturated carbocycles. The van der Waals surface area contributed by atoms with Gasteiger partial charge in [0.05, 0.1) is 6.04 Å². The Morgan fingerprint density at radius 3 is 3.06 bits per heavy atom. The van der Waals surface area contributed by atoms with Crippen molar-refractivity contribution in [1.29, 1.82) is 0 Å². The highest BCUT2D eigenvalue weighted by atomic mass is 32.2. The van der Waals surface area contributed by atoms with Gasteiger partial charge >= 0.3 is 0 Å². The fourth-order valence-electron chi connectivity index (χ4n) is 1.57. The molecule has 1 aromatic heterocycles. The predicted molar refractivity (Wildman–Crippen MR) is 69.9 cm³/mol. The predicted octanol–water partition coefficient (Wildman–Crippen LogP) is 1.62. The van der Waals surface area contributed by atoms with Crippen LogP contribution < -0.4 is 5.32 Å². The number of nitrogens with one attached hydrogen (secondary N) is 1. The number of amides is 1. The highest BCUT2D eigenvalue weighted by molar-refractivity contribution is 7.98. The van der Waals surface area contributed by atoms with Gasteiger partial charge in [-0.15, -0.1) is 0 Å². The van der Waals surface area contributed by atoms with Gasteiger partial charge in [0.1, 0.15) is 12.2 Å². The lowest BCUT2D eigenvalue weighted by molar-refractivity contribution is -0.121. The Morgan fingerprint density at radius 2 is 2.41 bits per heavy atom. The van der Waals surface area contributed by atoms with E-state index in [0.29, 0.717) is 6.42 Å². The van der Waals surface area contributed by atoms with Crippen molar-refractivity contribution >= 4 is 17.7 Å². The Labute approximate surface area is 106 Å². The molecule has 0 fully saturated rings. The maximum absolute atomic E-state index is 11.6. The average Bonchev–Trinajstić information content (AvgIpc) is 2.75. The second kappa shape index (κ2) is 7.32. The van der Waals surface area contributed by atoms with Crippen molar-refractivity contribution in [2.24, 2.45) is 0 Å². The Morgan fingerprint density at radius 1 is 1.65 bits per heavy atom. The standard InChI is InChI=1S/C11H20N4OS/c1-4-6-15-11(12-8-13-15)9(2)14-10(16)5-7-17-3/h8-9H,4-7H2,1-3H3,(H,14,16). The molecule has 0 aliphatic carbocycles. The second-order valence-electron chi connectivity index (χ2n) is 3.87. The largest absolute Gasteiger partial charge is 0.346 e. The molecule has 0 radical (unpaired) electrons. The summed E-state index contributed by atoms with van der Waals surface area (Å²) in [6, 6.07) is -0.0848. The monoisotopic (exact) mass is 256 g/mol. The molecule has 1 heterocycles. The summed E-state index contributed by atoms with van der Waals surface area (Å²) in [5, 5.41) is 7.09. The molecule has 1 atom stereocenters. The lowest BCUT2D eigenvalue weighted by atomic mass is 10.3. The summed E-state index contributed by atoms with van der Waals surface area (Å²) in [4.78, 5) is 15.8. The first-order valence-corrected chi connectivity index (χ1v) is 7.24. The molecule has 17 heavy (non-hydrogen) atoms. The molecule has 0 aliphatic rings. The Balaban J connectivity index is 2.53. The van der Waals surface area contributed by atoms with Gasteiger partial charge in [0, 0.05) is 18.7 Å². The van der Waals surface area contributed by atoms with E-state index < -0.39 is 0 Å². The van der Waals surface area contributed by atoms with Gasteiger partial charge in [-0.25, -0.2) is 9.67 Å². The maximum atomic E-state index is 11.6. The highest BCUT2D eigenvalue weighted by Gasteiger charge is 2.14. The average molecular weight is 256 g/mol. The third kappa shape index (κ3) is 4.38. The third-order valence-corrected chi connectivity index (χ3v) is 2.99. The molecule has 1 amide bonds. The van der Waals surface area contributed by atoms with Crippen LogP contribution in [-0.2, 0) is 11.3 Å². The van der Waals surface area contributed by atoms with Crippen LogP contribution in [0.1, 0.15) is 38.6 Å². The van der Waals surface area contributed by atoms with Crippen LogP contribution in [0.3, 0.4) is 0 Å². The number of thioether (sulfide) groups is 1. The lowest BCUT2D eigenvalue weighted by Crippen LogP contribution is -2.29. The van der Waals surface area contributed by atoms with Gasteiger partial charge < -0.3 is 5.32 Å². The Kier molecular flexibility index (Phi) is 6.04. The molecule has 1 rings (SSSR count). The van der Waals surface area contributed by atoms with Crippen molar-refractivity contribution < 1.29 is 4.79 Å². The minimum Gasteiger partial charge on any atom is -0.346 e. The number of aromatic nitrogens is 3. The smallest absolute Gasteiger partial charge is 0.221 e. The first-order chi connectivity index (χ1) is 8.19. The zero-order valence-electron chi connectivity index (χ0n) is 10.6. The van der Waals surface area contributed by atoms with Gasteiger partial charge in [0.2, 0.25) is 5.91 Å². The Bertz CT molecular complexity index is 353. The third-order valence-electron chi connectivity index (χ3n) is 2.38. The van der Waals surface area contributed by atoms with Gasteiger partial charge in [0.15, 0.2) is 0 Å². The van der Waals surface area contributed by atoms with Crippen LogP contribution in [0.5, 0.6) is 0 Å². The molecule has 1 unspecified atom stereocenters. The quantitative estimate of drug-likeness (QED) is 0.805. The molecule has 0 aliphatic heterocycles. The van der Waals surface area contributed by atoms with Crippen molar-refractivity contribution in [3.63, 3.8) is 0 Å². The summed E-state index contributed by atoms with van der Waals surface area (Å²) >= 11 is 1.67. The molecular formula is C11H20N4OS. The summed E-state index contributed by atoms with van der Waals surface area (Å²) < 4.78 is 1.85. The maximum Gasteiger partial charge on any atom is 0.221 e. The van der Waals surface area contributed by atoms with Crippen molar-refractivity contribution in [2.45, 2.75) is 39.3 Å². The summed E-state index contributed by atoms with van der Waals surface area (Å²) in [5.74, 6) is 1.74. The van der Waals surface area contributed by atoms with Gasteiger partial charge in [-0.2, -0.15) is 16.9 Å². The van der Waals surface area contributed by atoms with Crippen LogP contribution in [0.25, 0.3) is 0 Å². The van der Waals surface area contributed by atoms with E-state index in [4.69, 9.17) is 0 Å². The second-order valence-corrected chi connectivity index (χ2v) is 4.86. The zero-order chi connectivity index (χ0) is 12.7. The van der Waals surface area contributed by atoms with Gasteiger partial charge in [-0.1, -0.05) is 6.92 Å². The van der Waals surface area contributed by atoms with Crippen molar-refractivity contribution in [3.05, 3.63) is 12.2 Å². The van der Waals surface area contributed by atoms with Crippen LogP contribution in [0.2, 0.25) is 0 Å². The molecule has 5 nitrogen and oxygen atoms in total. The molecule has 1 aromatic rings. The number of carbonyl (C=O) groups is 1. The summed E-state index contributed by atoms with van der Waals surface area (Å²) in [7, 11) is 0. The lowest BCUT2D eigenvalue weighted by Gasteiger charge is -2.14. The van der Waals surface area contributed by atoms with Crippen LogP contribution in [0, 0.1) is 0 Å². The fourth-order valence-corrected chi connectivity index (χ4v) is 1.96. The van der Waals surface area contributed by atoms with Crippen molar-refractivity contribution in [1.82, 2.24) is 20.1 Å². The van der Waals surface area contributed by atoms with E-state index in [-0.39, 0.29) is 11.9 Å². The van der Waals surface area contributed by atoms with Crippen molar-refractivity contribution in [2.75, 3.05) is 12.0 Å². The van der Waals surface area contributed by atoms with Gasteiger partial charge in [-0.3, -0.25) is 4.79 Å². The van der Waals surface area contributed by atoms with E-state index in [9.17, 15) is 4.79 Å². The molecule has 6 heteroatoms. The van der Waals surface area contributed by atoms with Crippen LogP contribution in [0.15, 0.2) is 6.33 Å². The number of hydrogen-bond donors (Lipinski definition) is 1. The minimum absolute atomic E-state index is 0.0675. The molecule has 0 bridgehead atoms. The number of carbonyl (C=O) groups excluding carboxylic acids is 1. The molecule has 96 valence electrons. The molecule has 1 N–H and O–H groups in total. The van der Waals surface area contributed by atoms with E-state index in [1.165, 1.54) is 6.33 Å². The first kappa shape index (κ1) is 14.0. The summed E-state index contributed by atoms with van der Waals surface area (Å²) in [6.07, 6.45) is 5.08. The molecule has 0 spiro atoms. The highest BCUT2D eigenvalue weighted by Crippen LogP contribution is 2.09. The van der Waals surface area contributed by atoms with Crippen molar-refractivity contribution in [3.8, 4) is 0 Å². The number of aryl methyl sites for hydroxylation is 1. The summed E-state index contributed by atoms with van der Waals surface area (Å²) in [6.45, 7) is 4.86. The fraction of sp³-hybridized carbons (Fsp3) is 0.727. The number of nitrogens with zero attached hydrogens (tertiary/aromatic N) is 3. The van der Waals surface area contributed by atoms with E-state index in [0.717, 1.165) is 24.5 Å². The molecular weight excluding hydrogens is 236 g/mol. The van der Waals surface area contributed by atoms with Gasteiger partial charge in [0.25, 0.3) is 0 Å². The molecule has 0 saturated heterocycles. The number of hydrogen-bond acceptors (Lipinski definition) is 4. The van der Waals surface area contributed by atoms with E-state index >= 15 is 0 Å². The Hall–Kier alpha value is -1.04. The van der Waals surface area contributed by atoms with Crippen LogP contribution in [0.4, 0.5) is 0 Å². The number of rotatable bonds is 7. The van der Waals surface area contributed by atoms with E-state index in [1.807, 2.05) is 17.9 Å². The van der Waals surface area contributed by atoms with Gasteiger partial charge in [-0.05, 0) is 19.6 Å². The zero-order valence-corrected chi connectivity index (χ0v) is 11.5. The van der Waals surface area contributed by atoms with E-state index in [1.54, 1.807) is 11.8 Å².